The first-order chi connectivity index (χ1) is 13.3. The van der Waals surface area contributed by atoms with Gasteiger partial charge in [-0.2, -0.15) is 0 Å². The van der Waals surface area contributed by atoms with Gasteiger partial charge >= 0.3 is 6.03 Å². The first-order valence-electron chi connectivity index (χ1n) is 10.1. The molecule has 1 aliphatic carbocycles. The topological polar surface area (TPSA) is 105 Å². The van der Waals surface area contributed by atoms with E-state index >= 15 is 0 Å². The van der Waals surface area contributed by atoms with Gasteiger partial charge in [-0.05, 0) is 38.2 Å². The number of imide groups is 1. The maximum atomic E-state index is 13.0. The maximum Gasteiger partial charge on any atom is 0.325 e. The minimum absolute atomic E-state index is 0.114. The van der Waals surface area contributed by atoms with E-state index in [0.29, 0.717) is 18.0 Å². The van der Waals surface area contributed by atoms with E-state index in [0.717, 1.165) is 36.1 Å². The first-order valence-corrected chi connectivity index (χ1v) is 10.1. The van der Waals surface area contributed by atoms with E-state index in [1.807, 2.05) is 31.2 Å². The third-order valence-corrected chi connectivity index (χ3v) is 6.02. The third kappa shape index (κ3) is 4.04. The van der Waals surface area contributed by atoms with Crippen LogP contribution in [0.4, 0.5) is 4.79 Å². The van der Waals surface area contributed by atoms with Crippen molar-refractivity contribution in [1.82, 2.24) is 15.5 Å². The van der Waals surface area contributed by atoms with Crippen LogP contribution in [-0.2, 0) is 15.1 Å². The molecule has 2 atom stereocenters. The van der Waals surface area contributed by atoms with Gasteiger partial charge in [-0.1, -0.05) is 49.1 Å². The summed E-state index contributed by atoms with van der Waals surface area (Å²) in [5, 5.41) is 5.68. The standard InChI is InChI=1S/C21H30N4O3/c1-14-8-10-16(11-9-14)21(2)19(27)25(20(28)24-21)13-18(26)23-17(12-22)15-6-4-3-5-7-15/h8-11,15,17H,3-7,12-13,22H2,1-2H3,(H,23,26)(H,24,28). The first kappa shape index (κ1) is 20.3. The van der Waals surface area contributed by atoms with Crippen molar-refractivity contribution in [1.29, 1.82) is 0 Å². The van der Waals surface area contributed by atoms with Crippen LogP contribution in [0, 0.1) is 12.8 Å². The fourth-order valence-electron chi connectivity index (χ4n) is 4.22. The van der Waals surface area contributed by atoms with Crippen LogP contribution in [0.1, 0.15) is 50.2 Å². The fourth-order valence-corrected chi connectivity index (χ4v) is 4.22. The van der Waals surface area contributed by atoms with E-state index < -0.39 is 17.5 Å². The van der Waals surface area contributed by atoms with Crippen molar-refractivity contribution < 1.29 is 14.4 Å². The summed E-state index contributed by atoms with van der Waals surface area (Å²) in [5.41, 5.74) is 6.47. The molecule has 2 fully saturated rings. The maximum absolute atomic E-state index is 13.0. The number of amides is 4. The number of aryl methyl sites for hydroxylation is 1. The molecule has 4 N–H and O–H groups in total. The molecule has 0 radical (unpaired) electrons. The average Bonchev–Trinajstić information content (AvgIpc) is 2.91. The Morgan fingerprint density at radius 2 is 1.89 bits per heavy atom. The van der Waals surface area contributed by atoms with Crippen LogP contribution < -0.4 is 16.4 Å². The molecule has 0 spiro atoms. The minimum atomic E-state index is -1.16. The average molecular weight is 386 g/mol. The lowest BCUT2D eigenvalue weighted by molar-refractivity contribution is -0.135. The Hall–Kier alpha value is -2.41. The minimum Gasteiger partial charge on any atom is -0.350 e. The zero-order valence-electron chi connectivity index (χ0n) is 16.7. The molecule has 2 aliphatic rings. The van der Waals surface area contributed by atoms with Gasteiger partial charge in [0, 0.05) is 12.6 Å². The largest absolute Gasteiger partial charge is 0.350 e. The van der Waals surface area contributed by atoms with Crippen molar-refractivity contribution >= 4 is 17.8 Å². The van der Waals surface area contributed by atoms with Crippen molar-refractivity contribution in [3.63, 3.8) is 0 Å². The highest BCUT2D eigenvalue weighted by Crippen LogP contribution is 2.29. The van der Waals surface area contributed by atoms with Crippen LogP contribution in [0.3, 0.4) is 0 Å². The predicted molar refractivity (Wildman–Crippen MR) is 106 cm³/mol. The quantitative estimate of drug-likeness (QED) is 0.648. The number of rotatable bonds is 6. The van der Waals surface area contributed by atoms with Crippen molar-refractivity contribution in [3.05, 3.63) is 35.4 Å². The number of nitrogens with one attached hydrogen (secondary N) is 2. The van der Waals surface area contributed by atoms with Gasteiger partial charge in [0.1, 0.15) is 12.1 Å². The summed E-state index contributed by atoms with van der Waals surface area (Å²) in [5.74, 6) is -0.403. The molecule has 28 heavy (non-hydrogen) atoms. The predicted octanol–water partition coefficient (Wildman–Crippen LogP) is 1.79. The SMILES string of the molecule is Cc1ccc(C2(C)NC(=O)N(CC(=O)NC(CN)C3CCCCC3)C2=O)cc1. The summed E-state index contributed by atoms with van der Waals surface area (Å²) in [6, 6.07) is 6.77. The molecule has 1 aliphatic heterocycles. The summed E-state index contributed by atoms with van der Waals surface area (Å²) in [4.78, 5) is 38.9. The number of urea groups is 1. The number of nitrogens with zero attached hydrogens (tertiary/aromatic N) is 1. The summed E-state index contributed by atoms with van der Waals surface area (Å²) >= 11 is 0. The van der Waals surface area contributed by atoms with E-state index in [4.69, 9.17) is 5.73 Å². The van der Waals surface area contributed by atoms with Crippen LogP contribution in [0.25, 0.3) is 0 Å². The van der Waals surface area contributed by atoms with E-state index in [9.17, 15) is 14.4 Å². The molecule has 2 unspecified atom stereocenters. The summed E-state index contributed by atoms with van der Waals surface area (Å²) in [6.07, 6.45) is 5.63. The second kappa shape index (κ2) is 8.31. The molecule has 152 valence electrons. The fraction of sp³-hybridized carbons (Fsp3) is 0.571. The highest BCUT2D eigenvalue weighted by atomic mass is 16.2. The zero-order valence-corrected chi connectivity index (χ0v) is 16.7. The van der Waals surface area contributed by atoms with Gasteiger partial charge in [-0.25, -0.2) is 4.79 Å². The number of benzene rings is 1. The van der Waals surface area contributed by atoms with Crippen molar-refractivity contribution in [2.45, 2.75) is 57.5 Å². The lowest BCUT2D eigenvalue weighted by atomic mass is 9.84. The molecule has 1 heterocycles. The van der Waals surface area contributed by atoms with E-state index in [1.54, 1.807) is 6.92 Å². The van der Waals surface area contributed by atoms with Crippen LogP contribution in [0.15, 0.2) is 24.3 Å². The van der Waals surface area contributed by atoms with Crippen LogP contribution in [0.5, 0.6) is 0 Å². The van der Waals surface area contributed by atoms with Gasteiger partial charge in [0.2, 0.25) is 5.91 Å². The van der Waals surface area contributed by atoms with E-state index in [2.05, 4.69) is 10.6 Å². The molecule has 1 saturated heterocycles. The molecule has 7 nitrogen and oxygen atoms in total. The Balaban J connectivity index is 1.66. The number of hydrogen-bond donors (Lipinski definition) is 3. The molecule has 1 saturated carbocycles. The molecule has 3 rings (SSSR count). The Kier molecular flexibility index (Phi) is 6.03. The van der Waals surface area contributed by atoms with Gasteiger partial charge in [-0.15, -0.1) is 0 Å². The monoisotopic (exact) mass is 386 g/mol. The Labute approximate surface area is 166 Å². The molecule has 7 heteroatoms. The number of hydrogen-bond acceptors (Lipinski definition) is 4. The molecule has 1 aromatic carbocycles. The van der Waals surface area contributed by atoms with Crippen LogP contribution in [0.2, 0.25) is 0 Å². The zero-order chi connectivity index (χ0) is 20.3. The lowest BCUT2D eigenvalue weighted by Gasteiger charge is -2.30. The number of carbonyl (C=O) groups excluding carboxylic acids is 3. The van der Waals surface area contributed by atoms with Gasteiger partial charge in [0.25, 0.3) is 5.91 Å². The van der Waals surface area contributed by atoms with E-state index in [1.165, 1.54) is 6.42 Å². The molecule has 0 bridgehead atoms. The second-order valence-corrected chi connectivity index (χ2v) is 8.12. The van der Waals surface area contributed by atoms with Crippen molar-refractivity contribution in [3.8, 4) is 0 Å². The summed E-state index contributed by atoms with van der Waals surface area (Å²) in [6.45, 7) is 3.69. The van der Waals surface area contributed by atoms with E-state index in [-0.39, 0.29) is 18.5 Å². The van der Waals surface area contributed by atoms with Crippen molar-refractivity contribution in [2.24, 2.45) is 11.7 Å². The molecular formula is C21H30N4O3. The number of nitrogens with two attached hydrogens (primary N) is 1. The van der Waals surface area contributed by atoms with Gasteiger partial charge in [-0.3, -0.25) is 14.5 Å². The Morgan fingerprint density at radius 1 is 1.25 bits per heavy atom. The smallest absolute Gasteiger partial charge is 0.325 e. The molecule has 0 aromatic heterocycles. The Morgan fingerprint density at radius 3 is 2.50 bits per heavy atom. The highest BCUT2D eigenvalue weighted by Gasteiger charge is 2.49. The molecule has 1 aromatic rings. The normalized spacial score (nSPS) is 24.2. The van der Waals surface area contributed by atoms with Gasteiger partial charge in [0.15, 0.2) is 0 Å². The molecule has 4 amide bonds. The van der Waals surface area contributed by atoms with Gasteiger partial charge < -0.3 is 16.4 Å². The lowest BCUT2D eigenvalue weighted by Crippen LogP contribution is -2.50. The van der Waals surface area contributed by atoms with Crippen LogP contribution >= 0.6 is 0 Å². The number of carbonyl (C=O) groups is 3. The summed E-state index contributed by atoms with van der Waals surface area (Å²) in [7, 11) is 0. The van der Waals surface area contributed by atoms with Gasteiger partial charge in [0.05, 0.1) is 0 Å². The second-order valence-electron chi connectivity index (χ2n) is 8.12. The third-order valence-electron chi connectivity index (χ3n) is 6.02. The van der Waals surface area contributed by atoms with Crippen LogP contribution in [-0.4, -0.2) is 41.9 Å². The highest BCUT2D eigenvalue weighted by molar-refractivity contribution is 6.09. The summed E-state index contributed by atoms with van der Waals surface area (Å²) < 4.78 is 0. The Bertz CT molecular complexity index is 743. The van der Waals surface area contributed by atoms with Crippen molar-refractivity contribution in [2.75, 3.05) is 13.1 Å². The molecular weight excluding hydrogens is 356 g/mol.